The largest absolute Gasteiger partial charge is 0.329 e. The summed E-state index contributed by atoms with van der Waals surface area (Å²) in [6.45, 7) is 4.17. The molecule has 19 heavy (non-hydrogen) atoms. The lowest BCUT2D eigenvalue weighted by atomic mass is 9.83. The number of benzene rings is 1. The summed E-state index contributed by atoms with van der Waals surface area (Å²) in [6, 6.07) is 8.60. The first-order valence-corrected chi connectivity index (χ1v) is 7.98. The smallest absolute Gasteiger partial charge is 0.0340 e. The predicted molar refractivity (Wildman–Crippen MR) is 85.3 cm³/mol. The molecule has 1 aliphatic rings. The molecule has 1 atom stereocenters. The Morgan fingerprint density at radius 2 is 1.95 bits per heavy atom. The Morgan fingerprint density at radius 1 is 1.32 bits per heavy atom. The summed E-state index contributed by atoms with van der Waals surface area (Å²) in [6.07, 6.45) is 5.21. The van der Waals surface area contributed by atoms with Crippen molar-refractivity contribution in [2.45, 2.75) is 38.1 Å². The van der Waals surface area contributed by atoms with Gasteiger partial charge in [0.25, 0.3) is 0 Å². The van der Waals surface area contributed by atoms with Gasteiger partial charge in [-0.05, 0) is 56.8 Å². The average Bonchev–Trinajstić information content (AvgIpc) is 2.36. The maximum atomic E-state index is 6.07. The quantitative estimate of drug-likeness (QED) is 0.868. The molecule has 0 aromatic heterocycles. The van der Waals surface area contributed by atoms with Gasteiger partial charge in [0.15, 0.2) is 0 Å². The normalized spacial score (nSPS) is 19.2. The first kappa shape index (κ1) is 15.0. The molecule has 0 saturated heterocycles. The summed E-state index contributed by atoms with van der Waals surface area (Å²) in [5.74, 6) is 0.890. The van der Waals surface area contributed by atoms with Crippen LogP contribution in [0.1, 0.15) is 31.7 Å². The van der Waals surface area contributed by atoms with Crippen LogP contribution in [-0.2, 0) is 6.42 Å². The second kappa shape index (κ2) is 6.38. The lowest BCUT2D eigenvalue weighted by molar-refractivity contribution is 0.0982. The van der Waals surface area contributed by atoms with Crippen LogP contribution >= 0.6 is 15.9 Å². The second-order valence-electron chi connectivity index (χ2n) is 6.18. The van der Waals surface area contributed by atoms with E-state index in [0.29, 0.717) is 6.54 Å². The highest BCUT2D eigenvalue weighted by atomic mass is 79.9. The van der Waals surface area contributed by atoms with Gasteiger partial charge in [-0.25, -0.2) is 0 Å². The Labute approximate surface area is 125 Å². The van der Waals surface area contributed by atoms with E-state index in [-0.39, 0.29) is 5.54 Å². The van der Waals surface area contributed by atoms with Crippen molar-refractivity contribution in [2.75, 3.05) is 20.1 Å². The van der Waals surface area contributed by atoms with Gasteiger partial charge in [0, 0.05) is 23.1 Å². The summed E-state index contributed by atoms with van der Waals surface area (Å²) in [5, 5.41) is 0. The summed E-state index contributed by atoms with van der Waals surface area (Å²) >= 11 is 3.49. The van der Waals surface area contributed by atoms with Gasteiger partial charge < -0.3 is 5.73 Å². The van der Waals surface area contributed by atoms with Crippen LogP contribution in [0.5, 0.6) is 0 Å². The Bertz CT molecular complexity index is 400. The van der Waals surface area contributed by atoms with Gasteiger partial charge in [-0.3, -0.25) is 4.90 Å². The van der Waals surface area contributed by atoms with Crippen LogP contribution in [0.4, 0.5) is 0 Å². The van der Waals surface area contributed by atoms with E-state index in [0.717, 1.165) is 16.8 Å². The van der Waals surface area contributed by atoms with Crippen LogP contribution in [0.2, 0.25) is 0 Å². The predicted octanol–water partition coefficient (Wildman–Crippen LogP) is 3.44. The van der Waals surface area contributed by atoms with E-state index in [1.807, 2.05) is 0 Å². The molecule has 0 spiro atoms. The van der Waals surface area contributed by atoms with Crippen molar-refractivity contribution in [3.63, 3.8) is 0 Å². The second-order valence-corrected chi connectivity index (χ2v) is 7.10. The van der Waals surface area contributed by atoms with Crippen LogP contribution in [0, 0.1) is 5.92 Å². The third-order valence-electron chi connectivity index (χ3n) is 4.62. The Kier molecular flexibility index (Phi) is 5.04. The zero-order valence-electron chi connectivity index (χ0n) is 12.0. The molecule has 1 saturated carbocycles. The highest BCUT2D eigenvalue weighted by molar-refractivity contribution is 9.10. The molecule has 106 valence electrons. The molecule has 1 fully saturated rings. The molecule has 0 bridgehead atoms. The number of likely N-dealkylation sites (N-methyl/N-ethyl adjacent to an activating group) is 1. The van der Waals surface area contributed by atoms with Crippen LogP contribution < -0.4 is 5.73 Å². The van der Waals surface area contributed by atoms with E-state index >= 15 is 0 Å². The lowest BCUT2D eigenvalue weighted by Gasteiger charge is -2.42. The first-order chi connectivity index (χ1) is 9.03. The monoisotopic (exact) mass is 324 g/mol. The number of nitrogens with two attached hydrogens (primary N) is 1. The molecule has 1 aliphatic carbocycles. The van der Waals surface area contributed by atoms with Gasteiger partial charge in [0.1, 0.15) is 0 Å². The van der Waals surface area contributed by atoms with Crippen molar-refractivity contribution in [3.8, 4) is 0 Å². The Balaban J connectivity index is 2.01. The molecule has 2 nitrogen and oxygen atoms in total. The van der Waals surface area contributed by atoms with Gasteiger partial charge in [0.05, 0.1) is 0 Å². The van der Waals surface area contributed by atoms with E-state index in [4.69, 9.17) is 5.73 Å². The molecule has 1 aromatic carbocycles. The summed E-state index contributed by atoms with van der Waals surface area (Å²) < 4.78 is 1.13. The Morgan fingerprint density at radius 3 is 2.42 bits per heavy atom. The molecule has 0 heterocycles. The highest BCUT2D eigenvalue weighted by Gasteiger charge is 2.31. The number of hydrogen-bond acceptors (Lipinski definition) is 2. The molecule has 2 rings (SSSR count). The molecular formula is C16H25BrN2. The van der Waals surface area contributed by atoms with Crippen molar-refractivity contribution in [1.29, 1.82) is 0 Å². The van der Waals surface area contributed by atoms with Gasteiger partial charge >= 0.3 is 0 Å². The van der Waals surface area contributed by atoms with E-state index in [1.54, 1.807) is 0 Å². The maximum Gasteiger partial charge on any atom is 0.0340 e. The maximum absolute atomic E-state index is 6.07. The van der Waals surface area contributed by atoms with Crippen molar-refractivity contribution in [1.82, 2.24) is 4.90 Å². The number of rotatable bonds is 6. The fraction of sp³-hybridized carbons (Fsp3) is 0.625. The molecule has 0 aliphatic heterocycles. The zero-order valence-corrected chi connectivity index (χ0v) is 13.6. The molecular weight excluding hydrogens is 300 g/mol. The minimum Gasteiger partial charge on any atom is -0.329 e. The van der Waals surface area contributed by atoms with E-state index in [1.165, 1.54) is 31.4 Å². The van der Waals surface area contributed by atoms with Crippen molar-refractivity contribution in [3.05, 3.63) is 34.3 Å². The van der Waals surface area contributed by atoms with E-state index in [9.17, 15) is 0 Å². The average molecular weight is 325 g/mol. The number of nitrogens with zero attached hydrogens (tertiary/aromatic N) is 1. The topological polar surface area (TPSA) is 29.3 Å². The molecule has 2 N–H and O–H groups in total. The third-order valence-corrected chi connectivity index (χ3v) is 5.14. The molecule has 3 heteroatoms. The van der Waals surface area contributed by atoms with Gasteiger partial charge in [-0.1, -0.05) is 34.5 Å². The summed E-state index contributed by atoms with van der Waals surface area (Å²) in [4.78, 5) is 2.47. The number of hydrogen-bond donors (Lipinski definition) is 1. The molecule has 1 unspecified atom stereocenters. The minimum atomic E-state index is 0.0589. The fourth-order valence-electron chi connectivity index (χ4n) is 2.69. The minimum absolute atomic E-state index is 0.0589. The van der Waals surface area contributed by atoms with Crippen LogP contribution in [0.25, 0.3) is 0 Å². The van der Waals surface area contributed by atoms with Crippen molar-refractivity contribution < 1.29 is 0 Å². The summed E-state index contributed by atoms with van der Waals surface area (Å²) in [5.41, 5.74) is 7.49. The SMILES string of the molecule is CN(CC1CCC1)C(C)(CN)Cc1ccc(Br)cc1. The molecule has 0 radical (unpaired) electrons. The van der Waals surface area contributed by atoms with Crippen molar-refractivity contribution in [2.24, 2.45) is 11.7 Å². The Hall–Kier alpha value is -0.380. The van der Waals surface area contributed by atoms with Crippen LogP contribution in [0.3, 0.4) is 0 Å². The standard InChI is InChI=1S/C16H25BrN2/c1-16(12-18,19(2)11-14-4-3-5-14)10-13-6-8-15(17)9-7-13/h6-9,14H,3-5,10-12,18H2,1-2H3. The first-order valence-electron chi connectivity index (χ1n) is 7.19. The summed E-state index contributed by atoms with van der Waals surface area (Å²) in [7, 11) is 2.23. The van der Waals surface area contributed by atoms with Crippen LogP contribution in [-0.4, -0.2) is 30.6 Å². The lowest BCUT2D eigenvalue weighted by Crippen LogP contribution is -2.53. The number of halogens is 1. The molecule has 1 aromatic rings. The zero-order chi connectivity index (χ0) is 13.9. The van der Waals surface area contributed by atoms with Gasteiger partial charge in [-0.2, -0.15) is 0 Å². The highest BCUT2D eigenvalue weighted by Crippen LogP contribution is 2.29. The van der Waals surface area contributed by atoms with E-state index < -0.39 is 0 Å². The van der Waals surface area contributed by atoms with Gasteiger partial charge in [-0.15, -0.1) is 0 Å². The third kappa shape index (κ3) is 3.80. The van der Waals surface area contributed by atoms with E-state index in [2.05, 4.69) is 59.1 Å². The van der Waals surface area contributed by atoms with Crippen LogP contribution in [0.15, 0.2) is 28.7 Å². The molecule has 0 amide bonds. The van der Waals surface area contributed by atoms with Crippen molar-refractivity contribution >= 4 is 15.9 Å². The fourth-order valence-corrected chi connectivity index (χ4v) is 2.95. The van der Waals surface area contributed by atoms with Gasteiger partial charge in [0.2, 0.25) is 0 Å².